The molecule has 0 aliphatic carbocycles. The Hall–Kier alpha value is -2.63. The van der Waals surface area contributed by atoms with E-state index in [0.29, 0.717) is 5.56 Å². The summed E-state index contributed by atoms with van der Waals surface area (Å²) in [5.41, 5.74) is 1.87. The van der Waals surface area contributed by atoms with Gasteiger partial charge < -0.3 is 14.0 Å². The molecule has 1 aromatic carbocycles. The molecule has 0 N–H and O–H groups in total. The molecule has 0 aliphatic rings. The van der Waals surface area contributed by atoms with E-state index in [4.69, 9.17) is 14.0 Å². The van der Waals surface area contributed by atoms with E-state index in [-0.39, 0.29) is 30.2 Å². The third-order valence-electron chi connectivity index (χ3n) is 3.03. The van der Waals surface area contributed by atoms with Crippen molar-refractivity contribution >= 4 is 11.9 Å². The molecule has 6 heteroatoms. The lowest BCUT2D eigenvalue weighted by Crippen LogP contribution is -2.13. The van der Waals surface area contributed by atoms with Crippen LogP contribution in [-0.2, 0) is 9.47 Å². The summed E-state index contributed by atoms with van der Waals surface area (Å²) in [4.78, 5) is 24.2. The van der Waals surface area contributed by atoms with Gasteiger partial charge in [-0.1, -0.05) is 29.4 Å². The Morgan fingerprint density at radius 2 is 1.73 bits per heavy atom. The highest BCUT2D eigenvalue weighted by Crippen LogP contribution is 2.29. The number of esters is 2. The van der Waals surface area contributed by atoms with Crippen LogP contribution >= 0.6 is 0 Å². The Morgan fingerprint density at radius 3 is 2.36 bits per heavy atom. The topological polar surface area (TPSA) is 78.6 Å². The quantitative estimate of drug-likeness (QED) is 0.790. The summed E-state index contributed by atoms with van der Waals surface area (Å²) < 4.78 is 15.0. The predicted molar refractivity (Wildman–Crippen MR) is 78.6 cm³/mol. The molecule has 0 saturated carbocycles. The van der Waals surface area contributed by atoms with Crippen LogP contribution in [0.15, 0.2) is 28.8 Å². The first-order chi connectivity index (χ1) is 10.6. The number of carbonyl (C=O) groups is 2. The molecule has 1 heterocycles. The van der Waals surface area contributed by atoms with Gasteiger partial charge in [0.15, 0.2) is 0 Å². The fourth-order valence-corrected chi connectivity index (χ4v) is 2.04. The van der Waals surface area contributed by atoms with Gasteiger partial charge in [0.1, 0.15) is 11.3 Å². The van der Waals surface area contributed by atoms with Gasteiger partial charge in [-0.2, -0.15) is 0 Å². The van der Waals surface area contributed by atoms with Crippen molar-refractivity contribution < 1.29 is 23.6 Å². The number of nitrogens with zero attached hydrogens (tertiary/aromatic N) is 1. The van der Waals surface area contributed by atoms with Crippen molar-refractivity contribution in [2.24, 2.45) is 0 Å². The molecule has 6 nitrogen and oxygen atoms in total. The van der Waals surface area contributed by atoms with E-state index in [1.54, 1.807) is 19.9 Å². The third kappa shape index (κ3) is 3.00. The Balaban J connectivity index is 2.58. The lowest BCUT2D eigenvalue weighted by molar-refractivity contribution is 0.0445. The van der Waals surface area contributed by atoms with Crippen LogP contribution < -0.4 is 0 Å². The van der Waals surface area contributed by atoms with E-state index >= 15 is 0 Å². The number of aromatic nitrogens is 1. The Labute approximate surface area is 128 Å². The minimum absolute atomic E-state index is 0.00500. The predicted octanol–water partition coefficient (Wildman–Crippen LogP) is 3.00. The number of hydrogen-bond acceptors (Lipinski definition) is 6. The molecule has 22 heavy (non-hydrogen) atoms. The first-order valence-corrected chi connectivity index (χ1v) is 7.00. The van der Waals surface area contributed by atoms with Crippen molar-refractivity contribution in [2.45, 2.75) is 20.8 Å². The van der Waals surface area contributed by atoms with Crippen LogP contribution in [0.25, 0.3) is 11.3 Å². The zero-order valence-electron chi connectivity index (χ0n) is 12.7. The van der Waals surface area contributed by atoms with Gasteiger partial charge in [-0.05, 0) is 26.3 Å². The summed E-state index contributed by atoms with van der Waals surface area (Å²) in [6, 6.07) is 7.36. The Kier molecular flexibility index (Phi) is 4.93. The smallest absolute Gasteiger partial charge is 0.378 e. The summed E-state index contributed by atoms with van der Waals surface area (Å²) in [7, 11) is 0. The Morgan fingerprint density at radius 1 is 1.09 bits per heavy atom. The summed E-state index contributed by atoms with van der Waals surface area (Å²) >= 11 is 0. The molecule has 116 valence electrons. The molecule has 0 bridgehead atoms. The van der Waals surface area contributed by atoms with Crippen molar-refractivity contribution in [1.82, 2.24) is 5.16 Å². The second-order valence-electron chi connectivity index (χ2n) is 4.49. The minimum Gasteiger partial charge on any atom is -0.462 e. The van der Waals surface area contributed by atoms with Crippen LogP contribution in [0.1, 0.15) is 40.3 Å². The molecule has 0 spiro atoms. The van der Waals surface area contributed by atoms with Crippen LogP contribution in [0, 0.1) is 6.92 Å². The summed E-state index contributed by atoms with van der Waals surface area (Å²) in [6.45, 7) is 5.58. The van der Waals surface area contributed by atoms with E-state index in [1.807, 2.05) is 25.1 Å². The largest absolute Gasteiger partial charge is 0.462 e. The molecule has 0 radical (unpaired) electrons. The molecule has 0 fully saturated rings. The highest BCUT2D eigenvalue weighted by molar-refractivity contribution is 6.05. The fraction of sp³-hybridized carbons (Fsp3) is 0.312. The van der Waals surface area contributed by atoms with Crippen molar-refractivity contribution in [2.75, 3.05) is 13.2 Å². The molecular formula is C16H17NO5. The summed E-state index contributed by atoms with van der Waals surface area (Å²) in [5, 5.41) is 3.88. The van der Waals surface area contributed by atoms with Gasteiger partial charge in [0, 0.05) is 5.56 Å². The number of aryl methyl sites for hydroxylation is 1. The van der Waals surface area contributed by atoms with Gasteiger partial charge in [0.05, 0.1) is 13.2 Å². The van der Waals surface area contributed by atoms with E-state index in [0.717, 1.165) is 5.56 Å². The van der Waals surface area contributed by atoms with Gasteiger partial charge in [-0.25, -0.2) is 9.59 Å². The first kappa shape index (κ1) is 15.8. The second-order valence-corrected chi connectivity index (χ2v) is 4.49. The van der Waals surface area contributed by atoms with Gasteiger partial charge in [-0.3, -0.25) is 0 Å². The standard InChI is InChI=1S/C16H17NO5/c1-4-20-15(18)12-13(11-9-7-6-8-10(11)3)17-22-14(12)16(19)21-5-2/h6-9H,4-5H2,1-3H3. The van der Waals surface area contributed by atoms with Crippen molar-refractivity contribution in [3.05, 3.63) is 41.2 Å². The van der Waals surface area contributed by atoms with Crippen molar-refractivity contribution in [1.29, 1.82) is 0 Å². The molecule has 0 aliphatic heterocycles. The lowest BCUT2D eigenvalue weighted by Gasteiger charge is -2.05. The second kappa shape index (κ2) is 6.89. The van der Waals surface area contributed by atoms with Gasteiger partial charge in [0.25, 0.3) is 5.76 Å². The Bertz CT molecular complexity index is 690. The van der Waals surface area contributed by atoms with E-state index in [2.05, 4.69) is 5.16 Å². The summed E-state index contributed by atoms with van der Waals surface area (Å²) in [6.07, 6.45) is 0. The van der Waals surface area contributed by atoms with Crippen LogP contribution in [-0.4, -0.2) is 30.3 Å². The van der Waals surface area contributed by atoms with Gasteiger partial charge >= 0.3 is 11.9 Å². The van der Waals surface area contributed by atoms with Crippen LogP contribution in [0.2, 0.25) is 0 Å². The van der Waals surface area contributed by atoms with Crippen LogP contribution in [0.5, 0.6) is 0 Å². The monoisotopic (exact) mass is 303 g/mol. The molecular weight excluding hydrogens is 286 g/mol. The molecule has 0 unspecified atom stereocenters. The fourth-order valence-electron chi connectivity index (χ4n) is 2.04. The molecule has 0 amide bonds. The summed E-state index contributed by atoms with van der Waals surface area (Å²) in [5.74, 6) is -1.64. The number of carbonyl (C=O) groups excluding carboxylic acids is 2. The zero-order chi connectivity index (χ0) is 16.1. The molecule has 0 atom stereocenters. The molecule has 0 saturated heterocycles. The SMILES string of the molecule is CCOC(=O)c1onc(-c2ccccc2C)c1C(=O)OCC. The average Bonchev–Trinajstić information content (AvgIpc) is 2.93. The number of rotatable bonds is 5. The average molecular weight is 303 g/mol. The maximum Gasteiger partial charge on any atom is 0.378 e. The number of benzene rings is 1. The maximum absolute atomic E-state index is 12.2. The zero-order valence-corrected chi connectivity index (χ0v) is 12.7. The number of hydrogen-bond donors (Lipinski definition) is 0. The maximum atomic E-state index is 12.2. The van der Waals surface area contributed by atoms with Gasteiger partial charge in [0.2, 0.25) is 0 Å². The molecule has 1 aromatic heterocycles. The van der Waals surface area contributed by atoms with E-state index in [9.17, 15) is 9.59 Å². The van der Waals surface area contributed by atoms with Crippen LogP contribution in [0.4, 0.5) is 0 Å². The van der Waals surface area contributed by atoms with Crippen LogP contribution in [0.3, 0.4) is 0 Å². The number of ether oxygens (including phenoxy) is 2. The highest BCUT2D eigenvalue weighted by atomic mass is 16.6. The van der Waals surface area contributed by atoms with Crippen molar-refractivity contribution in [3.8, 4) is 11.3 Å². The van der Waals surface area contributed by atoms with Crippen molar-refractivity contribution in [3.63, 3.8) is 0 Å². The minimum atomic E-state index is -0.738. The van der Waals surface area contributed by atoms with E-state index < -0.39 is 11.9 Å². The highest BCUT2D eigenvalue weighted by Gasteiger charge is 2.30. The third-order valence-corrected chi connectivity index (χ3v) is 3.03. The van der Waals surface area contributed by atoms with E-state index in [1.165, 1.54) is 0 Å². The first-order valence-electron chi connectivity index (χ1n) is 7.00. The normalized spacial score (nSPS) is 10.3. The molecule has 2 rings (SSSR count). The van der Waals surface area contributed by atoms with Gasteiger partial charge in [-0.15, -0.1) is 0 Å². The lowest BCUT2D eigenvalue weighted by atomic mass is 10.0. The molecule has 2 aromatic rings.